The Morgan fingerprint density at radius 3 is 1.97 bits per heavy atom. The van der Waals surface area contributed by atoms with Gasteiger partial charge in [0.25, 0.3) is 0 Å². The molecule has 2 N–H and O–H groups in total. The molecule has 1 unspecified atom stereocenters. The highest BCUT2D eigenvalue weighted by atomic mass is 19.1. The van der Waals surface area contributed by atoms with Crippen molar-refractivity contribution < 1.29 is 13.9 Å². The molecule has 0 amide bonds. The number of benzene rings is 4. The van der Waals surface area contributed by atoms with E-state index in [2.05, 4.69) is 39.4 Å². The third kappa shape index (κ3) is 7.41. The van der Waals surface area contributed by atoms with Crippen molar-refractivity contribution in [2.24, 2.45) is 0 Å². The van der Waals surface area contributed by atoms with E-state index < -0.39 is 6.10 Å². The number of β-amino-alcohol motifs (C(OH)–C–C–N with tert-alkyl or cyclic N) is 1. The summed E-state index contributed by atoms with van der Waals surface area (Å²) in [4.78, 5) is 4.81. The highest BCUT2D eigenvalue weighted by molar-refractivity contribution is 5.93. The monoisotopic (exact) mass is 529 g/mol. The van der Waals surface area contributed by atoms with E-state index in [4.69, 9.17) is 0 Å². The molecule has 0 saturated carbocycles. The number of nitrogens with zero attached hydrogens (tertiary/aromatic N) is 2. The maximum absolute atomic E-state index is 13.5. The Hall–Kier alpha value is -3.32. The van der Waals surface area contributed by atoms with Gasteiger partial charge in [-0.15, -0.1) is 0 Å². The molecule has 4 aromatic rings. The van der Waals surface area contributed by atoms with Crippen LogP contribution in [0, 0.1) is 11.6 Å². The van der Waals surface area contributed by atoms with Crippen LogP contribution >= 0.6 is 0 Å². The summed E-state index contributed by atoms with van der Waals surface area (Å²) in [6, 6.07) is 27.8. The quantitative estimate of drug-likeness (QED) is 0.246. The number of aliphatic hydroxyl groups excluding tert-OH is 1. The second kappa shape index (κ2) is 13.2. The molecule has 1 atom stereocenters. The Balaban J connectivity index is 1.07. The first-order chi connectivity index (χ1) is 19.0. The fraction of sp³-hybridized carbons (Fsp3) is 0.333. The lowest BCUT2D eigenvalue weighted by Gasteiger charge is -2.36. The van der Waals surface area contributed by atoms with Gasteiger partial charge in [0.05, 0.1) is 6.10 Å². The average molecular weight is 530 g/mol. The molecular weight excluding hydrogens is 492 g/mol. The van der Waals surface area contributed by atoms with E-state index in [1.165, 1.54) is 35.0 Å². The van der Waals surface area contributed by atoms with Crippen LogP contribution in [-0.2, 0) is 0 Å². The van der Waals surface area contributed by atoms with E-state index in [1.54, 1.807) is 0 Å². The lowest BCUT2D eigenvalue weighted by Crippen LogP contribution is -2.49. The van der Waals surface area contributed by atoms with Gasteiger partial charge < -0.3 is 15.3 Å². The summed E-state index contributed by atoms with van der Waals surface area (Å²) in [5, 5.41) is 16.5. The summed E-state index contributed by atoms with van der Waals surface area (Å²) in [5.74, 6) is -0.384. The van der Waals surface area contributed by atoms with Crippen molar-refractivity contribution in [3.8, 4) is 0 Å². The number of hydrogen-bond acceptors (Lipinski definition) is 4. The Kier molecular flexibility index (Phi) is 9.19. The fourth-order valence-electron chi connectivity index (χ4n) is 5.60. The molecule has 0 spiro atoms. The molecule has 1 aliphatic rings. The van der Waals surface area contributed by atoms with Gasteiger partial charge in [0.2, 0.25) is 0 Å². The Bertz CT molecular complexity index is 1270. The SMILES string of the molecule is OC(CNc1cccc2ccccc12)CN1CCN(CCCC(c2ccc(F)cc2)c2ccc(F)cc2)CC1. The van der Waals surface area contributed by atoms with Gasteiger partial charge in [-0.3, -0.25) is 4.90 Å². The molecule has 4 nitrogen and oxygen atoms in total. The topological polar surface area (TPSA) is 38.7 Å². The van der Waals surface area contributed by atoms with Gasteiger partial charge in [0.1, 0.15) is 11.6 Å². The zero-order chi connectivity index (χ0) is 27.0. The number of fused-ring (bicyclic) bond motifs is 1. The summed E-state index contributed by atoms with van der Waals surface area (Å²) < 4.78 is 27.0. The smallest absolute Gasteiger partial charge is 0.123 e. The van der Waals surface area contributed by atoms with E-state index in [-0.39, 0.29) is 17.6 Å². The number of hydrogen-bond donors (Lipinski definition) is 2. The van der Waals surface area contributed by atoms with Crippen LogP contribution in [0.3, 0.4) is 0 Å². The summed E-state index contributed by atoms with van der Waals surface area (Å²) >= 11 is 0. The largest absolute Gasteiger partial charge is 0.390 e. The molecule has 1 fully saturated rings. The highest BCUT2D eigenvalue weighted by Crippen LogP contribution is 2.30. The molecule has 0 aromatic heterocycles. The van der Waals surface area contributed by atoms with Crippen molar-refractivity contribution in [1.29, 1.82) is 0 Å². The fourth-order valence-corrected chi connectivity index (χ4v) is 5.60. The number of nitrogens with one attached hydrogen (secondary N) is 1. The normalized spacial score (nSPS) is 15.6. The molecule has 0 radical (unpaired) electrons. The highest BCUT2D eigenvalue weighted by Gasteiger charge is 2.20. The first-order valence-electron chi connectivity index (χ1n) is 13.9. The molecule has 6 heteroatoms. The molecule has 1 saturated heterocycles. The Labute approximate surface area is 229 Å². The van der Waals surface area contributed by atoms with Gasteiger partial charge >= 0.3 is 0 Å². The summed E-state index contributed by atoms with van der Waals surface area (Å²) in [5.41, 5.74) is 3.16. The first-order valence-corrected chi connectivity index (χ1v) is 13.9. The van der Waals surface area contributed by atoms with E-state index >= 15 is 0 Å². The standard InChI is InChI=1S/C33H37F2N3O/c34-28-14-10-26(11-15-28)31(27-12-16-29(35)17-13-27)8-4-18-37-19-21-38(22-20-37)24-30(39)23-36-33-9-3-6-25-5-1-2-7-32(25)33/h1-3,5-7,9-17,30-31,36,39H,4,8,18-24H2. The maximum atomic E-state index is 13.5. The third-order valence-corrected chi connectivity index (χ3v) is 7.76. The maximum Gasteiger partial charge on any atom is 0.123 e. The van der Waals surface area contributed by atoms with Gasteiger partial charge in [0, 0.05) is 56.3 Å². The van der Waals surface area contributed by atoms with Crippen molar-refractivity contribution in [3.63, 3.8) is 0 Å². The molecule has 0 aliphatic carbocycles. The van der Waals surface area contributed by atoms with E-state index in [1.807, 2.05) is 42.5 Å². The molecule has 5 rings (SSSR count). The predicted octanol–water partition coefficient (Wildman–Crippen LogP) is 6.12. The van der Waals surface area contributed by atoms with Crippen molar-refractivity contribution in [3.05, 3.63) is 114 Å². The van der Waals surface area contributed by atoms with Crippen LogP contribution in [0.15, 0.2) is 91.0 Å². The van der Waals surface area contributed by atoms with Crippen molar-refractivity contribution >= 4 is 16.5 Å². The van der Waals surface area contributed by atoms with Gasteiger partial charge in [-0.25, -0.2) is 8.78 Å². The Morgan fingerprint density at radius 1 is 0.718 bits per heavy atom. The number of anilines is 1. The average Bonchev–Trinajstić information content (AvgIpc) is 2.96. The van der Waals surface area contributed by atoms with Gasteiger partial charge in [-0.1, -0.05) is 60.7 Å². The molecule has 1 heterocycles. The lowest BCUT2D eigenvalue weighted by atomic mass is 9.87. The van der Waals surface area contributed by atoms with Gasteiger partial charge in [-0.2, -0.15) is 0 Å². The van der Waals surface area contributed by atoms with Crippen LogP contribution in [-0.4, -0.2) is 66.8 Å². The molecule has 0 bridgehead atoms. The molecule has 39 heavy (non-hydrogen) atoms. The van der Waals surface area contributed by atoms with Crippen LogP contribution in [0.1, 0.15) is 29.9 Å². The first kappa shape index (κ1) is 27.3. The van der Waals surface area contributed by atoms with Gasteiger partial charge in [0.15, 0.2) is 0 Å². The number of halogens is 2. The summed E-state index contributed by atoms with van der Waals surface area (Å²) in [6.07, 6.45) is 1.47. The number of rotatable bonds is 11. The third-order valence-electron chi connectivity index (χ3n) is 7.76. The van der Waals surface area contributed by atoms with Crippen LogP contribution in [0.4, 0.5) is 14.5 Å². The Morgan fingerprint density at radius 2 is 1.31 bits per heavy atom. The van der Waals surface area contributed by atoms with E-state index in [0.717, 1.165) is 62.4 Å². The lowest BCUT2D eigenvalue weighted by molar-refractivity contribution is 0.0776. The van der Waals surface area contributed by atoms with E-state index in [0.29, 0.717) is 13.1 Å². The van der Waals surface area contributed by atoms with Crippen LogP contribution < -0.4 is 5.32 Å². The van der Waals surface area contributed by atoms with Crippen molar-refractivity contribution in [2.75, 3.05) is 51.1 Å². The zero-order valence-electron chi connectivity index (χ0n) is 22.3. The van der Waals surface area contributed by atoms with Crippen LogP contribution in [0.2, 0.25) is 0 Å². The molecular formula is C33H37F2N3O. The minimum Gasteiger partial charge on any atom is -0.390 e. The molecule has 1 aliphatic heterocycles. The molecule has 204 valence electrons. The van der Waals surface area contributed by atoms with Crippen molar-refractivity contribution in [1.82, 2.24) is 9.80 Å². The molecule has 4 aromatic carbocycles. The van der Waals surface area contributed by atoms with Crippen LogP contribution in [0.5, 0.6) is 0 Å². The predicted molar refractivity (Wildman–Crippen MR) is 155 cm³/mol. The summed E-state index contributed by atoms with van der Waals surface area (Å²) in [6.45, 7) is 5.97. The minimum absolute atomic E-state index is 0.108. The second-order valence-corrected chi connectivity index (χ2v) is 10.5. The number of aliphatic hydroxyl groups is 1. The van der Waals surface area contributed by atoms with Crippen molar-refractivity contribution in [2.45, 2.75) is 24.9 Å². The van der Waals surface area contributed by atoms with Gasteiger partial charge in [-0.05, 0) is 66.2 Å². The van der Waals surface area contributed by atoms with Crippen LogP contribution in [0.25, 0.3) is 10.8 Å². The second-order valence-electron chi connectivity index (χ2n) is 10.5. The van der Waals surface area contributed by atoms with E-state index in [9.17, 15) is 13.9 Å². The number of piperazine rings is 1. The minimum atomic E-state index is -0.442. The zero-order valence-corrected chi connectivity index (χ0v) is 22.3. The summed E-state index contributed by atoms with van der Waals surface area (Å²) in [7, 11) is 0.